The highest BCUT2D eigenvalue weighted by molar-refractivity contribution is 5.94. The number of carbonyl (C=O) groups excluding carboxylic acids is 1. The summed E-state index contributed by atoms with van der Waals surface area (Å²) in [5, 5.41) is 12.7. The normalized spacial score (nSPS) is 23.9. The van der Waals surface area contributed by atoms with Crippen LogP contribution in [-0.2, 0) is 5.54 Å². The van der Waals surface area contributed by atoms with Crippen molar-refractivity contribution in [2.24, 2.45) is 0 Å². The Morgan fingerprint density at radius 3 is 2.65 bits per heavy atom. The summed E-state index contributed by atoms with van der Waals surface area (Å²) in [6.07, 6.45) is 8.84. The fourth-order valence-corrected chi connectivity index (χ4v) is 4.29. The smallest absolute Gasteiger partial charge is 0.254 e. The second-order valence-electron chi connectivity index (χ2n) is 7.52. The third kappa shape index (κ3) is 2.78. The zero-order valence-corrected chi connectivity index (χ0v) is 15.4. The van der Waals surface area contributed by atoms with Crippen LogP contribution in [-0.4, -0.2) is 68.1 Å². The SMILES string of the molecule is CN(C)C1(c2nnnn2C2CCCC2)CCN(C(=O)c2ccncc2)C1. The van der Waals surface area contributed by atoms with Gasteiger partial charge in [0.1, 0.15) is 5.54 Å². The van der Waals surface area contributed by atoms with Crippen LogP contribution in [0.3, 0.4) is 0 Å². The van der Waals surface area contributed by atoms with E-state index in [0.29, 0.717) is 24.7 Å². The molecule has 1 amide bonds. The number of rotatable bonds is 4. The summed E-state index contributed by atoms with van der Waals surface area (Å²) in [5.41, 5.74) is 0.319. The van der Waals surface area contributed by atoms with E-state index in [0.717, 1.165) is 25.1 Å². The number of pyridine rings is 1. The summed E-state index contributed by atoms with van der Waals surface area (Å²) >= 11 is 0. The largest absolute Gasteiger partial charge is 0.336 e. The molecule has 8 heteroatoms. The molecular formula is C18H25N7O. The van der Waals surface area contributed by atoms with E-state index >= 15 is 0 Å². The lowest BCUT2D eigenvalue weighted by Crippen LogP contribution is -2.47. The Hall–Kier alpha value is -2.35. The maximum Gasteiger partial charge on any atom is 0.254 e. The third-order valence-electron chi connectivity index (χ3n) is 5.90. The van der Waals surface area contributed by atoms with Crippen LogP contribution in [0.2, 0.25) is 0 Å². The van der Waals surface area contributed by atoms with Gasteiger partial charge in [-0.2, -0.15) is 0 Å². The average molecular weight is 355 g/mol. The molecule has 2 aromatic heterocycles. The molecule has 1 atom stereocenters. The molecule has 0 spiro atoms. The van der Waals surface area contributed by atoms with Gasteiger partial charge in [-0.15, -0.1) is 5.10 Å². The highest BCUT2D eigenvalue weighted by Gasteiger charge is 2.48. The molecule has 2 aromatic rings. The number of likely N-dealkylation sites (N-methyl/N-ethyl adjacent to an activating group) is 1. The van der Waals surface area contributed by atoms with Gasteiger partial charge in [0.15, 0.2) is 5.82 Å². The zero-order chi connectivity index (χ0) is 18.1. The second kappa shape index (κ2) is 6.75. The molecular weight excluding hydrogens is 330 g/mol. The monoisotopic (exact) mass is 355 g/mol. The number of amides is 1. The Balaban J connectivity index is 1.63. The molecule has 1 aliphatic heterocycles. The molecule has 1 unspecified atom stereocenters. The minimum Gasteiger partial charge on any atom is -0.336 e. The van der Waals surface area contributed by atoms with E-state index in [1.165, 1.54) is 12.8 Å². The number of hydrogen-bond donors (Lipinski definition) is 0. The fraction of sp³-hybridized carbons (Fsp3) is 0.611. The summed E-state index contributed by atoms with van der Waals surface area (Å²) in [6.45, 7) is 1.28. The number of likely N-dealkylation sites (tertiary alicyclic amines) is 1. The van der Waals surface area contributed by atoms with Gasteiger partial charge in [-0.05, 0) is 55.9 Å². The van der Waals surface area contributed by atoms with Gasteiger partial charge in [0, 0.05) is 31.0 Å². The maximum atomic E-state index is 12.9. The first-order chi connectivity index (χ1) is 12.6. The fourth-order valence-electron chi connectivity index (χ4n) is 4.29. The minimum atomic E-state index is -0.352. The van der Waals surface area contributed by atoms with Crippen LogP contribution in [0.25, 0.3) is 0 Å². The maximum absolute atomic E-state index is 12.9. The molecule has 4 rings (SSSR count). The van der Waals surface area contributed by atoms with Crippen molar-refractivity contribution in [3.63, 3.8) is 0 Å². The summed E-state index contributed by atoms with van der Waals surface area (Å²) in [5.74, 6) is 0.926. The Labute approximate surface area is 153 Å². The molecule has 8 nitrogen and oxygen atoms in total. The Morgan fingerprint density at radius 1 is 1.23 bits per heavy atom. The van der Waals surface area contributed by atoms with Crippen LogP contribution in [0.4, 0.5) is 0 Å². The first-order valence-electron chi connectivity index (χ1n) is 9.27. The van der Waals surface area contributed by atoms with Gasteiger partial charge < -0.3 is 4.90 Å². The molecule has 1 saturated heterocycles. The van der Waals surface area contributed by atoms with Gasteiger partial charge in [0.2, 0.25) is 0 Å². The standard InChI is InChI=1S/C18H25N7O/c1-23(2)18(17-20-21-22-25(17)15-5-3-4-6-15)9-12-24(13-18)16(26)14-7-10-19-11-8-14/h7-8,10-11,15H,3-6,9,12-13H2,1-2H3. The van der Waals surface area contributed by atoms with Crippen molar-refractivity contribution in [3.8, 4) is 0 Å². The molecule has 0 radical (unpaired) electrons. The van der Waals surface area contributed by atoms with E-state index in [2.05, 4.69) is 25.4 Å². The molecule has 1 saturated carbocycles. The summed E-state index contributed by atoms with van der Waals surface area (Å²) in [4.78, 5) is 21.0. The zero-order valence-electron chi connectivity index (χ0n) is 15.4. The molecule has 138 valence electrons. The van der Waals surface area contributed by atoms with Gasteiger partial charge in [-0.3, -0.25) is 14.7 Å². The molecule has 26 heavy (non-hydrogen) atoms. The van der Waals surface area contributed by atoms with Crippen molar-refractivity contribution < 1.29 is 4.79 Å². The van der Waals surface area contributed by atoms with Crippen LogP contribution in [0.1, 0.15) is 54.3 Å². The molecule has 3 heterocycles. The lowest BCUT2D eigenvalue weighted by Gasteiger charge is -2.35. The van der Waals surface area contributed by atoms with E-state index in [1.807, 2.05) is 23.7 Å². The van der Waals surface area contributed by atoms with Gasteiger partial charge in [-0.1, -0.05) is 12.8 Å². The van der Waals surface area contributed by atoms with E-state index < -0.39 is 0 Å². The van der Waals surface area contributed by atoms with Crippen LogP contribution >= 0.6 is 0 Å². The highest BCUT2D eigenvalue weighted by atomic mass is 16.2. The van der Waals surface area contributed by atoms with Crippen LogP contribution in [0, 0.1) is 0 Å². The van der Waals surface area contributed by atoms with Crippen molar-refractivity contribution >= 4 is 5.91 Å². The van der Waals surface area contributed by atoms with Gasteiger partial charge in [-0.25, -0.2) is 4.68 Å². The average Bonchev–Trinajstić information content (AvgIpc) is 3.40. The Kier molecular flexibility index (Phi) is 4.44. The Morgan fingerprint density at radius 2 is 1.96 bits per heavy atom. The highest BCUT2D eigenvalue weighted by Crippen LogP contribution is 2.38. The van der Waals surface area contributed by atoms with Crippen LogP contribution < -0.4 is 0 Å². The number of hydrogen-bond acceptors (Lipinski definition) is 6. The van der Waals surface area contributed by atoms with Crippen molar-refractivity contribution in [2.75, 3.05) is 27.2 Å². The molecule has 0 bridgehead atoms. The second-order valence-corrected chi connectivity index (χ2v) is 7.52. The van der Waals surface area contributed by atoms with E-state index in [4.69, 9.17) is 0 Å². The molecule has 1 aliphatic carbocycles. The minimum absolute atomic E-state index is 0.0380. The Bertz CT molecular complexity index is 769. The van der Waals surface area contributed by atoms with Gasteiger partial charge in [0.25, 0.3) is 5.91 Å². The molecule has 0 aromatic carbocycles. The first-order valence-corrected chi connectivity index (χ1v) is 9.27. The third-order valence-corrected chi connectivity index (χ3v) is 5.90. The molecule has 0 N–H and O–H groups in total. The summed E-state index contributed by atoms with van der Waals surface area (Å²) in [7, 11) is 4.10. The first kappa shape index (κ1) is 17.1. The number of aromatic nitrogens is 5. The topological polar surface area (TPSA) is 80.0 Å². The summed E-state index contributed by atoms with van der Waals surface area (Å²) < 4.78 is 2.02. The van der Waals surface area contributed by atoms with Crippen molar-refractivity contribution in [1.82, 2.24) is 35.0 Å². The van der Waals surface area contributed by atoms with Crippen LogP contribution in [0.15, 0.2) is 24.5 Å². The predicted octanol–water partition coefficient (Wildman–Crippen LogP) is 1.49. The molecule has 2 aliphatic rings. The van der Waals surface area contributed by atoms with Gasteiger partial charge >= 0.3 is 0 Å². The lowest BCUT2D eigenvalue weighted by molar-refractivity contribution is 0.0737. The quantitative estimate of drug-likeness (QED) is 0.827. The van der Waals surface area contributed by atoms with Crippen molar-refractivity contribution in [2.45, 2.75) is 43.7 Å². The van der Waals surface area contributed by atoms with Gasteiger partial charge in [0.05, 0.1) is 6.04 Å². The van der Waals surface area contributed by atoms with Crippen LogP contribution in [0.5, 0.6) is 0 Å². The van der Waals surface area contributed by atoms with Crippen molar-refractivity contribution in [3.05, 3.63) is 35.9 Å². The summed E-state index contributed by atoms with van der Waals surface area (Å²) in [6, 6.07) is 3.91. The van der Waals surface area contributed by atoms with Crippen molar-refractivity contribution in [1.29, 1.82) is 0 Å². The van der Waals surface area contributed by atoms with E-state index in [9.17, 15) is 4.79 Å². The van der Waals surface area contributed by atoms with E-state index in [-0.39, 0.29) is 11.4 Å². The molecule has 2 fully saturated rings. The number of nitrogens with zero attached hydrogens (tertiary/aromatic N) is 7. The number of tetrazole rings is 1. The number of carbonyl (C=O) groups is 1. The lowest BCUT2D eigenvalue weighted by atomic mass is 9.95. The van der Waals surface area contributed by atoms with E-state index in [1.54, 1.807) is 24.5 Å². The predicted molar refractivity (Wildman–Crippen MR) is 95.4 cm³/mol.